The van der Waals surface area contributed by atoms with Gasteiger partial charge in [0.15, 0.2) is 0 Å². The van der Waals surface area contributed by atoms with Crippen molar-refractivity contribution in [2.24, 2.45) is 0 Å². The summed E-state index contributed by atoms with van der Waals surface area (Å²) < 4.78 is 15.6. The van der Waals surface area contributed by atoms with Crippen LogP contribution in [0.1, 0.15) is 10.4 Å². The number of nitro groups is 1. The summed E-state index contributed by atoms with van der Waals surface area (Å²) in [5.41, 5.74) is -0.282. The summed E-state index contributed by atoms with van der Waals surface area (Å²) in [7, 11) is 0. The van der Waals surface area contributed by atoms with Crippen LogP contribution < -0.4 is 0 Å². The van der Waals surface area contributed by atoms with Crippen LogP contribution in [0.4, 0.5) is 10.1 Å². The Hall–Kier alpha value is -1.98. The number of carbonyl (C=O) groups is 1. The van der Waals surface area contributed by atoms with E-state index in [2.05, 4.69) is 4.74 Å². The van der Waals surface area contributed by atoms with Crippen LogP contribution in [0.25, 0.3) is 0 Å². The zero-order valence-corrected chi connectivity index (χ0v) is 6.97. The van der Waals surface area contributed by atoms with Crippen molar-refractivity contribution in [1.29, 1.82) is 0 Å². The third kappa shape index (κ3) is 2.25. The molecule has 0 unspecified atom stereocenters. The summed E-state index contributed by atoms with van der Waals surface area (Å²) in [5.74, 6) is -0.920. The SMILES string of the molecule is O=C(OCF)c1cccc([N+](=O)[O-])c1. The van der Waals surface area contributed by atoms with Gasteiger partial charge in [0.05, 0.1) is 10.5 Å². The number of hydrogen-bond acceptors (Lipinski definition) is 4. The minimum Gasteiger partial charge on any atom is -0.430 e. The van der Waals surface area contributed by atoms with Crippen molar-refractivity contribution in [3.63, 3.8) is 0 Å². The standard InChI is InChI=1S/C8H6FNO4/c9-5-14-8(11)6-2-1-3-7(4-6)10(12)13/h1-4H,5H2. The second-order valence-corrected chi connectivity index (χ2v) is 2.35. The fourth-order valence-corrected chi connectivity index (χ4v) is 0.879. The molecular formula is C8H6FNO4. The van der Waals surface area contributed by atoms with E-state index in [1.165, 1.54) is 18.2 Å². The van der Waals surface area contributed by atoms with E-state index in [1.54, 1.807) is 0 Å². The number of alkyl halides is 1. The second-order valence-electron chi connectivity index (χ2n) is 2.35. The summed E-state index contributed by atoms with van der Waals surface area (Å²) in [6.07, 6.45) is 0. The van der Waals surface area contributed by atoms with Crippen molar-refractivity contribution < 1.29 is 18.8 Å². The van der Waals surface area contributed by atoms with E-state index in [0.717, 1.165) is 6.07 Å². The Morgan fingerprint density at radius 1 is 1.57 bits per heavy atom. The van der Waals surface area contributed by atoms with Gasteiger partial charge in [0.2, 0.25) is 6.86 Å². The molecule has 0 saturated heterocycles. The maximum Gasteiger partial charge on any atom is 0.340 e. The van der Waals surface area contributed by atoms with E-state index in [-0.39, 0.29) is 11.3 Å². The third-order valence-corrected chi connectivity index (χ3v) is 1.48. The van der Waals surface area contributed by atoms with E-state index in [9.17, 15) is 19.3 Å². The number of carbonyl (C=O) groups excluding carboxylic acids is 1. The molecule has 0 aromatic heterocycles. The van der Waals surface area contributed by atoms with Gasteiger partial charge in [0.1, 0.15) is 0 Å². The van der Waals surface area contributed by atoms with Crippen molar-refractivity contribution in [2.75, 3.05) is 6.86 Å². The van der Waals surface area contributed by atoms with E-state index in [1.807, 2.05) is 0 Å². The van der Waals surface area contributed by atoms with E-state index >= 15 is 0 Å². The molecule has 0 aliphatic heterocycles. The average Bonchev–Trinajstić information content (AvgIpc) is 2.18. The number of nitro benzene ring substituents is 1. The predicted molar refractivity (Wildman–Crippen MR) is 44.5 cm³/mol. The summed E-state index contributed by atoms with van der Waals surface area (Å²) in [6, 6.07) is 4.89. The maximum absolute atomic E-state index is 11.6. The first-order valence-corrected chi connectivity index (χ1v) is 3.62. The second kappa shape index (κ2) is 4.31. The van der Waals surface area contributed by atoms with Crippen molar-refractivity contribution in [3.05, 3.63) is 39.9 Å². The Morgan fingerprint density at radius 3 is 2.86 bits per heavy atom. The highest BCUT2D eigenvalue weighted by molar-refractivity contribution is 5.90. The van der Waals surface area contributed by atoms with Crippen molar-refractivity contribution in [1.82, 2.24) is 0 Å². The van der Waals surface area contributed by atoms with E-state index in [4.69, 9.17) is 0 Å². The molecule has 0 aliphatic carbocycles. The van der Waals surface area contributed by atoms with E-state index < -0.39 is 17.8 Å². The molecule has 0 N–H and O–H groups in total. The van der Waals surface area contributed by atoms with Gasteiger partial charge in [-0.3, -0.25) is 10.1 Å². The van der Waals surface area contributed by atoms with Crippen LogP contribution in [0, 0.1) is 10.1 Å². The van der Waals surface area contributed by atoms with Gasteiger partial charge < -0.3 is 4.74 Å². The van der Waals surface area contributed by atoms with Crippen LogP contribution in [-0.4, -0.2) is 17.8 Å². The van der Waals surface area contributed by atoms with Gasteiger partial charge in [-0.05, 0) is 6.07 Å². The van der Waals surface area contributed by atoms with Crippen molar-refractivity contribution >= 4 is 11.7 Å². The number of halogens is 1. The lowest BCUT2D eigenvalue weighted by molar-refractivity contribution is -0.384. The maximum atomic E-state index is 11.6. The Morgan fingerprint density at radius 2 is 2.29 bits per heavy atom. The number of rotatable bonds is 3. The zero-order valence-electron chi connectivity index (χ0n) is 6.97. The lowest BCUT2D eigenvalue weighted by Gasteiger charge is -1.98. The molecular weight excluding hydrogens is 193 g/mol. The van der Waals surface area contributed by atoms with Crippen LogP contribution in [0.2, 0.25) is 0 Å². The number of esters is 1. The van der Waals surface area contributed by atoms with Gasteiger partial charge in [-0.25, -0.2) is 9.18 Å². The quantitative estimate of drug-likeness (QED) is 0.422. The first kappa shape index (κ1) is 10.1. The summed E-state index contributed by atoms with van der Waals surface area (Å²) in [6.45, 7) is -1.25. The number of hydrogen-bond donors (Lipinski definition) is 0. The molecule has 0 spiro atoms. The Kier molecular flexibility index (Phi) is 3.11. The van der Waals surface area contributed by atoms with Crippen molar-refractivity contribution in [3.8, 4) is 0 Å². The molecule has 0 radical (unpaired) electrons. The first-order chi connectivity index (χ1) is 6.65. The molecule has 1 rings (SSSR count). The number of non-ortho nitro benzene ring substituents is 1. The Balaban J connectivity index is 2.93. The van der Waals surface area contributed by atoms with Gasteiger partial charge in [-0.1, -0.05) is 6.07 Å². The van der Waals surface area contributed by atoms with Gasteiger partial charge in [-0.15, -0.1) is 0 Å². The molecule has 0 heterocycles. The Bertz CT molecular complexity index is 366. The average molecular weight is 199 g/mol. The summed E-state index contributed by atoms with van der Waals surface area (Å²) in [5, 5.41) is 10.3. The summed E-state index contributed by atoms with van der Waals surface area (Å²) >= 11 is 0. The smallest absolute Gasteiger partial charge is 0.340 e. The molecule has 14 heavy (non-hydrogen) atoms. The van der Waals surface area contributed by atoms with Crippen LogP contribution in [0.3, 0.4) is 0 Å². The highest BCUT2D eigenvalue weighted by Crippen LogP contribution is 2.13. The molecule has 0 fully saturated rings. The fourth-order valence-electron chi connectivity index (χ4n) is 0.879. The molecule has 74 valence electrons. The normalized spacial score (nSPS) is 9.50. The molecule has 1 aromatic carbocycles. The monoisotopic (exact) mass is 199 g/mol. The van der Waals surface area contributed by atoms with Crippen LogP contribution in [0.5, 0.6) is 0 Å². The number of nitrogens with zero attached hydrogens (tertiary/aromatic N) is 1. The molecule has 0 aliphatic rings. The highest BCUT2D eigenvalue weighted by atomic mass is 19.1. The largest absolute Gasteiger partial charge is 0.430 e. The van der Waals surface area contributed by atoms with Gasteiger partial charge in [-0.2, -0.15) is 0 Å². The minimum atomic E-state index is -1.25. The molecule has 0 amide bonds. The van der Waals surface area contributed by atoms with Crippen molar-refractivity contribution in [2.45, 2.75) is 0 Å². The zero-order chi connectivity index (χ0) is 10.6. The topological polar surface area (TPSA) is 69.4 Å². The number of benzene rings is 1. The van der Waals surface area contributed by atoms with Gasteiger partial charge >= 0.3 is 5.97 Å². The Labute approximate surface area is 78.3 Å². The molecule has 5 nitrogen and oxygen atoms in total. The molecule has 0 bridgehead atoms. The molecule has 1 aromatic rings. The molecule has 0 saturated carbocycles. The van der Waals surface area contributed by atoms with Gasteiger partial charge in [0.25, 0.3) is 5.69 Å². The van der Waals surface area contributed by atoms with Gasteiger partial charge in [0, 0.05) is 12.1 Å². The van der Waals surface area contributed by atoms with Crippen LogP contribution in [0.15, 0.2) is 24.3 Å². The lowest BCUT2D eigenvalue weighted by Crippen LogP contribution is -2.04. The number of ether oxygens (including phenoxy) is 1. The van der Waals surface area contributed by atoms with E-state index in [0.29, 0.717) is 0 Å². The van der Waals surface area contributed by atoms with Crippen LogP contribution >= 0.6 is 0 Å². The first-order valence-electron chi connectivity index (χ1n) is 3.62. The lowest BCUT2D eigenvalue weighted by atomic mass is 10.2. The fraction of sp³-hybridized carbons (Fsp3) is 0.125. The molecule has 0 atom stereocenters. The summed E-state index contributed by atoms with van der Waals surface area (Å²) in [4.78, 5) is 20.6. The minimum absolute atomic E-state index is 0.0446. The highest BCUT2D eigenvalue weighted by Gasteiger charge is 2.11. The third-order valence-electron chi connectivity index (χ3n) is 1.48. The van der Waals surface area contributed by atoms with Crippen LogP contribution in [-0.2, 0) is 4.74 Å². The predicted octanol–water partition coefficient (Wildman–Crippen LogP) is 1.68. The molecule has 6 heteroatoms.